The van der Waals surface area contributed by atoms with Gasteiger partial charge in [0.15, 0.2) is 11.5 Å². The number of esters is 1. The summed E-state index contributed by atoms with van der Waals surface area (Å²) in [5, 5.41) is 10.6. The Bertz CT molecular complexity index is 679. The van der Waals surface area contributed by atoms with Crippen LogP contribution < -0.4 is 9.47 Å². The van der Waals surface area contributed by atoms with Crippen LogP contribution in [0.1, 0.15) is 24.2 Å². The molecule has 0 unspecified atom stereocenters. The standard InChI is InChI=1S/C16H15NO5/c1-11(2)21-14-5-3-4-6-15(14)22-16(18)12-7-9-13(10-8-12)17(19)20/h3-11H,1-2H3. The van der Waals surface area contributed by atoms with Crippen LogP contribution in [0.4, 0.5) is 5.69 Å². The minimum Gasteiger partial charge on any atom is -0.487 e. The van der Waals surface area contributed by atoms with E-state index in [9.17, 15) is 14.9 Å². The van der Waals surface area contributed by atoms with Crippen LogP contribution in [0.2, 0.25) is 0 Å². The highest BCUT2D eigenvalue weighted by molar-refractivity contribution is 5.91. The van der Waals surface area contributed by atoms with Crippen LogP contribution >= 0.6 is 0 Å². The first-order valence-corrected chi connectivity index (χ1v) is 6.69. The molecule has 114 valence electrons. The first-order valence-electron chi connectivity index (χ1n) is 6.69. The number of hydrogen-bond donors (Lipinski definition) is 0. The fraction of sp³-hybridized carbons (Fsp3) is 0.188. The highest BCUT2D eigenvalue weighted by Crippen LogP contribution is 2.28. The topological polar surface area (TPSA) is 78.7 Å². The summed E-state index contributed by atoms with van der Waals surface area (Å²) in [6.07, 6.45) is -0.0563. The Morgan fingerprint density at radius 2 is 1.64 bits per heavy atom. The second-order valence-electron chi connectivity index (χ2n) is 4.81. The third-order valence-electron chi connectivity index (χ3n) is 2.73. The van der Waals surface area contributed by atoms with Crippen molar-refractivity contribution in [2.24, 2.45) is 0 Å². The highest BCUT2D eigenvalue weighted by atomic mass is 16.6. The number of nitro benzene ring substituents is 1. The van der Waals surface area contributed by atoms with Crippen molar-refractivity contribution < 1.29 is 19.2 Å². The zero-order valence-electron chi connectivity index (χ0n) is 12.2. The van der Waals surface area contributed by atoms with Crippen molar-refractivity contribution in [2.75, 3.05) is 0 Å². The molecule has 0 saturated carbocycles. The largest absolute Gasteiger partial charge is 0.487 e. The molecule has 2 aromatic rings. The molecule has 6 nitrogen and oxygen atoms in total. The number of carbonyl (C=O) groups excluding carboxylic acids is 1. The zero-order valence-corrected chi connectivity index (χ0v) is 12.2. The number of para-hydroxylation sites is 2. The van der Waals surface area contributed by atoms with Crippen LogP contribution in [0.15, 0.2) is 48.5 Å². The number of nitrogens with zero attached hydrogens (tertiary/aromatic N) is 1. The van der Waals surface area contributed by atoms with Crippen molar-refractivity contribution in [2.45, 2.75) is 20.0 Å². The van der Waals surface area contributed by atoms with Gasteiger partial charge in [-0.15, -0.1) is 0 Å². The van der Waals surface area contributed by atoms with Crippen molar-refractivity contribution >= 4 is 11.7 Å². The van der Waals surface area contributed by atoms with Gasteiger partial charge in [0.2, 0.25) is 0 Å². The molecule has 2 rings (SSSR count). The van der Waals surface area contributed by atoms with E-state index in [1.165, 1.54) is 24.3 Å². The molecule has 0 radical (unpaired) electrons. The van der Waals surface area contributed by atoms with Gasteiger partial charge in [-0.05, 0) is 38.1 Å². The molecule has 0 atom stereocenters. The molecule has 0 aromatic heterocycles. The number of nitro groups is 1. The molecule has 0 spiro atoms. The molecular weight excluding hydrogens is 286 g/mol. The van der Waals surface area contributed by atoms with Gasteiger partial charge in [0, 0.05) is 12.1 Å². The van der Waals surface area contributed by atoms with Crippen LogP contribution in [0.25, 0.3) is 0 Å². The minimum atomic E-state index is -0.602. The summed E-state index contributed by atoms with van der Waals surface area (Å²) in [5.74, 6) is 0.169. The Labute approximate surface area is 127 Å². The monoisotopic (exact) mass is 301 g/mol. The lowest BCUT2D eigenvalue weighted by Crippen LogP contribution is -2.11. The quantitative estimate of drug-likeness (QED) is 0.365. The highest BCUT2D eigenvalue weighted by Gasteiger charge is 2.14. The summed E-state index contributed by atoms with van der Waals surface area (Å²) >= 11 is 0. The average molecular weight is 301 g/mol. The van der Waals surface area contributed by atoms with Crippen LogP contribution in [-0.4, -0.2) is 17.0 Å². The molecule has 0 aliphatic heterocycles. The SMILES string of the molecule is CC(C)Oc1ccccc1OC(=O)c1ccc([N+](=O)[O-])cc1. The Balaban J connectivity index is 2.16. The van der Waals surface area contributed by atoms with Crippen LogP contribution in [-0.2, 0) is 0 Å². The van der Waals surface area contributed by atoms with Crippen molar-refractivity contribution in [3.05, 3.63) is 64.2 Å². The average Bonchev–Trinajstić information content (AvgIpc) is 2.48. The lowest BCUT2D eigenvalue weighted by molar-refractivity contribution is -0.384. The second kappa shape index (κ2) is 6.71. The number of rotatable bonds is 5. The van der Waals surface area contributed by atoms with E-state index in [4.69, 9.17) is 9.47 Å². The molecular formula is C16H15NO5. The third kappa shape index (κ3) is 3.82. The van der Waals surface area contributed by atoms with E-state index in [2.05, 4.69) is 0 Å². The van der Waals surface area contributed by atoms with E-state index in [-0.39, 0.29) is 17.4 Å². The van der Waals surface area contributed by atoms with Crippen molar-refractivity contribution in [1.29, 1.82) is 0 Å². The number of hydrogen-bond acceptors (Lipinski definition) is 5. The molecule has 6 heteroatoms. The van der Waals surface area contributed by atoms with Crippen molar-refractivity contribution in [1.82, 2.24) is 0 Å². The van der Waals surface area contributed by atoms with Crippen LogP contribution in [0.5, 0.6) is 11.5 Å². The van der Waals surface area contributed by atoms with Gasteiger partial charge in [-0.2, -0.15) is 0 Å². The molecule has 0 aliphatic rings. The molecule has 2 aromatic carbocycles. The Morgan fingerprint density at radius 1 is 1.05 bits per heavy atom. The van der Waals surface area contributed by atoms with Gasteiger partial charge in [0.05, 0.1) is 16.6 Å². The summed E-state index contributed by atoms with van der Waals surface area (Å²) in [7, 11) is 0. The molecule has 0 saturated heterocycles. The van der Waals surface area contributed by atoms with Crippen molar-refractivity contribution in [3.63, 3.8) is 0 Å². The molecule has 0 aliphatic carbocycles. The summed E-state index contributed by atoms with van der Waals surface area (Å²) in [6.45, 7) is 3.74. The fourth-order valence-corrected chi connectivity index (χ4v) is 1.76. The van der Waals surface area contributed by atoms with Gasteiger partial charge in [-0.1, -0.05) is 12.1 Å². The minimum absolute atomic E-state index is 0.0563. The van der Waals surface area contributed by atoms with Crippen LogP contribution in [0, 0.1) is 10.1 Å². The number of carbonyl (C=O) groups is 1. The Hall–Kier alpha value is -2.89. The Morgan fingerprint density at radius 3 is 2.18 bits per heavy atom. The number of benzene rings is 2. The second-order valence-corrected chi connectivity index (χ2v) is 4.81. The van der Waals surface area contributed by atoms with Gasteiger partial charge in [-0.25, -0.2) is 4.79 Å². The molecule has 0 heterocycles. The molecule has 0 N–H and O–H groups in total. The summed E-state index contributed by atoms with van der Waals surface area (Å²) in [5.41, 5.74) is 0.144. The van der Waals surface area contributed by atoms with Gasteiger partial charge >= 0.3 is 5.97 Å². The lowest BCUT2D eigenvalue weighted by Gasteiger charge is -2.13. The fourth-order valence-electron chi connectivity index (χ4n) is 1.76. The van der Waals surface area contributed by atoms with E-state index in [0.29, 0.717) is 11.5 Å². The predicted octanol–water partition coefficient (Wildman–Crippen LogP) is 3.60. The first-order chi connectivity index (χ1) is 10.5. The summed E-state index contributed by atoms with van der Waals surface area (Å²) < 4.78 is 10.9. The smallest absolute Gasteiger partial charge is 0.343 e. The van der Waals surface area contributed by atoms with Gasteiger partial charge < -0.3 is 9.47 Å². The third-order valence-corrected chi connectivity index (χ3v) is 2.73. The van der Waals surface area contributed by atoms with Gasteiger partial charge in [0.1, 0.15) is 0 Å². The van der Waals surface area contributed by atoms with E-state index in [1.807, 2.05) is 13.8 Å². The first kappa shape index (κ1) is 15.5. The molecule has 0 amide bonds. The molecule has 22 heavy (non-hydrogen) atoms. The van der Waals surface area contributed by atoms with Crippen molar-refractivity contribution in [3.8, 4) is 11.5 Å². The maximum absolute atomic E-state index is 12.1. The zero-order chi connectivity index (χ0) is 16.1. The number of ether oxygens (including phenoxy) is 2. The summed E-state index contributed by atoms with van der Waals surface area (Å²) in [6, 6.07) is 12.1. The van der Waals surface area contributed by atoms with E-state index in [0.717, 1.165) is 0 Å². The van der Waals surface area contributed by atoms with E-state index in [1.54, 1.807) is 24.3 Å². The maximum Gasteiger partial charge on any atom is 0.343 e. The predicted molar refractivity (Wildman–Crippen MR) is 80.3 cm³/mol. The summed E-state index contributed by atoms with van der Waals surface area (Å²) in [4.78, 5) is 22.2. The maximum atomic E-state index is 12.1. The van der Waals surface area contributed by atoms with Gasteiger partial charge in [-0.3, -0.25) is 10.1 Å². The van der Waals surface area contributed by atoms with Crippen LogP contribution in [0.3, 0.4) is 0 Å². The molecule has 0 fully saturated rings. The Kier molecular flexibility index (Phi) is 4.73. The van der Waals surface area contributed by atoms with Gasteiger partial charge in [0.25, 0.3) is 5.69 Å². The van der Waals surface area contributed by atoms with E-state index >= 15 is 0 Å². The normalized spacial score (nSPS) is 10.3. The number of non-ortho nitro benzene ring substituents is 1. The lowest BCUT2D eigenvalue weighted by atomic mass is 10.2. The molecule has 0 bridgehead atoms. The van der Waals surface area contributed by atoms with E-state index < -0.39 is 10.9 Å².